The molecule has 554 valence electrons. The van der Waals surface area contributed by atoms with Gasteiger partial charge in [0, 0.05) is 70.7 Å². The molecule has 3 fully saturated rings. The maximum atomic E-state index is 14.7. The number of carbonyl (C=O) groups is 9. The van der Waals surface area contributed by atoms with E-state index in [9.17, 15) is 53.4 Å². The fourth-order valence-electron chi connectivity index (χ4n) is 13.2. The number of esters is 1. The summed E-state index contributed by atoms with van der Waals surface area (Å²) < 4.78 is 47.3. The number of anilines is 1. The number of aliphatic hydroxyl groups excluding tert-OH is 1. The quantitative estimate of drug-likeness (QED) is 0.0180. The van der Waals surface area contributed by atoms with Crippen LogP contribution in [0.4, 0.5) is 15.3 Å². The van der Waals surface area contributed by atoms with Gasteiger partial charge in [0.1, 0.15) is 49.5 Å². The molecule has 5 rings (SSSR count). The number of Topliss-reactive ketones (excluding diaryl/α,β-unsaturated/α-hetero) is 3. The lowest BCUT2D eigenvalue weighted by molar-refractivity contribution is -0.265. The number of rotatable bonds is 23. The molecule has 2 bridgehead atoms. The van der Waals surface area contributed by atoms with Gasteiger partial charge in [0.2, 0.25) is 17.6 Å². The number of primary amides is 1. The summed E-state index contributed by atoms with van der Waals surface area (Å²) in [5.74, 6) is -9.70. The molecule has 26 nitrogen and oxygen atoms in total. The number of hydrogen-bond donors (Lipinski definition) is 8. The number of carbonyl (C=O) groups excluding carboxylic acids is 9. The van der Waals surface area contributed by atoms with Gasteiger partial charge in [0.05, 0.1) is 43.7 Å². The Kier molecular flexibility index (Phi) is 34.5. The molecule has 0 spiro atoms. The van der Waals surface area contributed by atoms with Gasteiger partial charge in [-0.2, -0.15) is 0 Å². The zero-order valence-corrected chi connectivity index (χ0v) is 60.2. The van der Waals surface area contributed by atoms with Crippen LogP contribution in [0.5, 0.6) is 0 Å². The molecule has 6 amide bonds. The highest BCUT2D eigenvalue weighted by Crippen LogP contribution is 2.38. The Bertz CT molecular complexity index is 2960. The van der Waals surface area contributed by atoms with Crippen molar-refractivity contribution in [1.29, 1.82) is 0 Å². The monoisotopic (exact) mass is 1390 g/mol. The van der Waals surface area contributed by atoms with Gasteiger partial charge >= 0.3 is 18.1 Å². The first-order valence-corrected chi connectivity index (χ1v) is 35.1. The first kappa shape index (κ1) is 82.9. The number of cyclic esters (lactones) is 1. The van der Waals surface area contributed by atoms with Gasteiger partial charge in [0.25, 0.3) is 11.7 Å². The fraction of sp³-hybridized carbons (Fsp3) is 0.685. The number of fused-ring (bicyclic) bond motifs is 3. The summed E-state index contributed by atoms with van der Waals surface area (Å²) in [6.07, 6.45) is 10.6. The highest BCUT2D eigenvalue weighted by molar-refractivity contribution is 6.39. The van der Waals surface area contributed by atoms with E-state index in [2.05, 4.69) is 21.3 Å². The van der Waals surface area contributed by atoms with Crippen LogP contribution in [-0.4, -0.2) is 189 Å². The molecule has 99 heavy (non-hydrogen) atoms. The first-order valence-electron chi connectivity index (χ1n) is 35.1. The lowest BCUT2D eigenvalue weighted by Crippen LogP contribution is -2.61. The third-order valence-electron chi connectivity index (χ3n) is 19.5. The lowest BCUT2D eigenvalue weighted by atomic mass is 9.78. The first-order chi connectivity index (χ1) is 47.0. The van der Waals surface area contributed by atoms with Crippen molar-refractivity contribution in [3.05, 3.63) is 77.4 Å². The third kappa shape index (κ3) is 25.7. The lowest BCUT2D eigenvalue weighted by Gasteiger charge is -2.42. The van der Waals surface area contributed by atoms with E-state index in [1.807, 2.05) is 51.2 Å². The highest BCUT2D eigenvalue weighted by atomic mass is 16.6. The molecule has 0 aromatic heterocycles. The van der Waals surface area contributed by atoms with E-state index >= 15 is 0 Å². The van der Waals surface area contributed by atoms with E-state index in [1.54, 1.807) is 86.1 Å². The molecule has 0 radical (unpaired) electrons. The predicted octanol–water partition coefficient (Wildman–Crippen LogP) is 6.96. The largest absolute Gasteiger partial charge is 0.460 e. The van der Waals surface area contributed by atoms with Crippen LogP contribution in [0.2, 0.25) is 0 Å². The summed E-state index contributed by atoms with van der Waals surface area (Å²) in [4.78, 5) is 123. The predicted molar refractivity (Wildman–Crippen MR) is 370 cm³/mol. The SMILES string of the molecule is CO[C@H]1C[C@@H]2CC[C@@H](C)[C@@](O)(O2)C(=O)C(=O)N2CCCC[C@H]2C(=O)O[C@H]([C@@H](C)C[C@H]2CC[C@@H](OCCOCNC(=O)OCc3ccc(NC(=O)[C@@H](CCCNC(N)=O)NC(=O)[C@H](N)C(C)C)cc3)[C@H](OC)C2)CC(=O)[C@H](C)/C=C(\C)[C@@H](O)[C@@H](OC)C(=O)[C@H](C)C[C@H](C)/C=C/C=C/C=C/1C. The molecule has 1 aliphatic carbocycles. The molecule has 3 aliphatic heterocycles. The number of ether oxygens (including phenoxy) is 8. The fourth-order valence-corrected chi connectivity index (χ4v) is 13.2. The van der Waals surface area contributed by atoms with Gasteiger partial charge in [-0.1, -0.05) is 97.1 Å². The number of piperidine rings is 1. The normalized spacial score (nSPS) is 31.0. The number of amides is 6. The Morgan fingerprint density at radius 1 is 0.818 bits per heavy atom. The second kappa shape index (κ2) is 41.2. The number of nitrogens with two attached hydrogens (primary N) is 2. The van der Waals surface area contributed by atoms with Crippen LogP contribution in [0, 0.1) is 41.4 Å². The number of hydrogen-bond acceptors (Lipinski definition) is 20. The number of ketones is 3. The number of alkyl carbamates (subject to hydrolysis) is 1. The van der Waals surface area contributed by atoms with Gasteiger partial charge in [-0.05, 0) is 143 Å². The van der Waals surface area contributed by atoms with Gasteiger partial charge in [-0.25, -0.2) is 14.4 Å². The second-order valence-electron chi connectivity index (χ2n) is 27.7. The van der Waals surface area contributed by atoms with E-state index in [0.29, 0.717) is 81.0 Å². The number of methoxy groups -OCH3 is 3. The Hall–Kier alpha value is -6.75. The topological polar surface area (TPSA) is 371 Å². The molecule has 1 saturated carbocycles. The zero-order chi connectivity index (χ0) is 73.1. The standard InChI is InChI=1S/C73H113N7O19/c1-43(2)62(74)68(86)79-55(21-18-31-76-71(75)89)67(85)78-53-27-24-51(25-28-53)41-97-72(90)77-42-95-33-34-96-58-30-26-52(38-61(58)93-11)37-47(6)60-40-57(81)46(5)36-49(8)64(83)65(94-12)63(82)48(7)35-44(3)19-14-13-15-20-45(4)59(92-10)39-54-29-23-50(9)73(91,99-54)66(84)69(87)80-32-17-16-22-56(80)70(88)98-60/h13-15,19-20,24-25,27-28,36,43-44,46-48,50,52,54-56,58-62,64-65,83,91H,16-18,21-23,26,29-35,37-42,74H2,1-12H3,(H,77,90)(H,78,85)(H,79,86)(H3,75,76,89)/b15-13+,19-14+,45-20+,49-36+/t44-,46-,47+,48-,50-,52-,54+,55-,56+,58-,59+,60+,61-,62-,64-,65+,73-/m1/s1. The van der Waals surface area contributed by atoms with Crippen LogP contribution in [0.3, 0.4) is 0 Å². The Labute approximate surface area is 584 Å². The van der Waals surface area contributed by atoms with Gasteiger partial charge < -0.3 is 80.4 Å². The van der Waals surface area contributed by atoms with Crippen molar-refractivity contribution in [1.82, 2.24) is 20.9 Å². The smallest absolute Gasteiger partial charge is 0.409 e. The molecule has 4 aliphatic rings. The molecule has 1 aromatic rings. The van der Waals surface area contributed by atoms with Crippen LogP contribution in [0.25, 0.3) is 0 Å². The molecule has 26 heteroatoms. The summed E-state index contributed by atoms with van der Waals surface area (Å²) in [6, 6.07) is 2.89. The second-order valence-corrected chi connectivity index (χ2v) is 27.7. The molecule has 0 unspecified atom stereocenters. The van der Waals surface area contributed by atoms with Gasteiger partial charge in [-0.15, -0.1) is 0 Å². The van der Waals surface area contributed by atoms with Gasteiger partial charge in [-0.3, -0.25) is 34.1 Å². The molecular formula is C73H113N7O19. The summed E-state index contributed by atoms with van der Waals surface area (Å²) in [5, 5.41) is 34.2. The minimum atomic E-state index is -2.48. The van der Waals surface area contributed by atoms with Crippen molar-refractivity contribution in [3.63, 3.8) is 0 Å². The van der Waals surface area contributed by atoms with E-state index in [1.165, 1.54) is 12.0 Å². The van der Waals surface area contributed by atoms with Crippen molar-refractivity contribution in [2.45, 2.75) is 225 Å². The molecule has 2 saturated heterocycles. The highest BCUT2D eigenvalue weighted by Gasteiger charge is 2.53. The summed E-state index contributed by atoms with van der Waals surface area (Å²) in [7, 11) is 4.53. The van der Waals surface area contributed by atoms with Crippen LogP contribution in [0.15, 0.2) is 71.9 Å². The average Bonchev–Trinajstić information content (AvgIpc) is 0.774. The maximum absolute atomic E-state index is 14.7. The van der Waals surface area contributed by atoms with Crippen molar-refractivity contribution < 1.29 is 91.3 Å². The van der Waals surface area contributed by atoms with E-state index in [-0.39, 0.29) is 107 Å². The van der Waals surface area contributed by atoms with E-state index in [4.69, 9.17) is 49.4 Å². The number of benzene rings is 1. The summed E-state index contributed by atoms with van der Waals surface area (Å²) in [5.41, 5.74) is 13.4. The molecule has 10 N–H and O–H groups in total. The van der Waals surface area contributed by atoms with E-state index in [0.717, 1.165) is 5.57 Å². The third-order valence-corrected chi connectivity index (χ3v) is 19.5. The van der Waals surface area contributed by atoms with Crippen LogP contribution in [-0.2, 0) is 78.1 Å². The van der Waals surface area contributed by atoms with Crippen molar-refractivity contribution >= 4 is 58.9 Å². The number of nitrogens with one attached hydrogen (secondary N) is 4. The van der Waals surface area contributed by atoms with Gasteiger partial charge in [0.15, 0.2) is 5.78 Å². The minimum Gasteiger partial charge on any atom is -0.460 e. The van der Waals surface area contributed by atoms with Crippen LogP contribution >= 0.6 is 0 Å². The molecular weight excluding hydrogens is 1280 g/mol. The Morgan fingerprint density at radius 2 is 1.55 bits per heavy atom. The van der Waals surface area contributed by atoms with Crippen molar-refractivity contribution in [2.75, 3.05) is 59.7 Å². The number of allylic oxidation sites excluding steroid dienone is 6. The zero-order valence-electron chi connectivity index (χ0n) is 60.2. The van der Waals surface area contributed by atoms with E-state index < -0.39 is 120 Å². The molecule has 3 heterocycles. The average molecular weight is 1390 g/mol. The van der Waals surface area contributed by atoms with Crippen molar-refractivity contribution in [2.24, 2.45) is 52.9 Å². The summed E-state index contributed by atoms with van der Waals surface area (Å²) >= 11 is 0. The maximum Gasteiger partial charge on any atom is 0.409 e. The number of nitrogens with zero attached hydrogens (tertiary/aromatic N) is 1. The van der Waals surface area contributed by atoms with Crippen LogP contribution in [0.1, 0.15) is 158 Å². The molecule has 17 atom stereocenters. The molecule has 1 aromatic carbocycles. The Morgan fingerprint density at radius 3 is 2.22 bits per heavy atom. The summed E-state index contributed by atoms with van der Waals surface area (Å²) in [6.45, 7) is 16.4. The van der Waals surface area contributed by atoms with Crippen molar-refractivity contribution in [3.8, 4) is 0 Å². The minimum absolute atomic E-state index is 0.0186. The number of urea groups is 1. The number of aliphatic hydroxyl groups is 2. The van der Waals surface area contributed by atoms with Crippen LogP contribution < -0.4 is 32.7 Å². The Balaban J connectivity index is 1.21.